The molecule has 1 amide bonds. The summed E-state index contributed by atoms with van der Waals surface area (Å²) in [7, 11) is 0. The smallest absolute Gasteiger partial charge is 0.220 e. The molecular weight excluding hydrogens is 278 g/mol. The molecule has 0 radical (unpaired) electrons. The number of hydrogen-bond acceptors (Lipinski definition) is 3. The monoisotopic (exact) mass is 301 g/mol. The molecule has 4 heteroatoms. The minimum absolute atomic E-state index is 0.0716. The molecule has 0 aliphatic carbocycles. The van der Waals surface area contributed by atoms with Crippen LogP contribution < -0.4 is 5.32 Å². The Bertz CT molecular complexity index is 575. The molecule has 2 atom stereocenters. The van der Waals surface area contributed by atoms with Crippen LogP contribution in [0.4, 0.5) is 0 Å². The highest BCUT2D eigenvalue weighted by atomic mass is 16.4. The van der Waals surface area contributed by atoms with Crippen LogP contribution in [0.1, 0.15) is 49.2 Å². The quantitative estimate of drug-likeness (QED) is 0.825. The number of benzene rings is 1. The molecule has 0 aliphatic rings. The lowest BCUT2D eigenvalue weighted by Gasteiger charge is -2.14. The highest BCUT2D eigenvalue weighted by Gasteiger charge is 2.14. The highest BCUT2D eigenvalue weighted by molar-refractivity contribution is 5.76. The van der Waals surface area contributed by atoms with Gasteiger partial charge < -0.3 is 14.8 Å². The first kappa shape index (κ1) is 16.3. The van der Waals surface area contributed by atoms with E-state index in [4.69, 9.17) is 4.42 Å². The summed E-state index contributed by atoms with van der Waals surface area (Å²) in [4.78, 5) is 12.0. The highest BCUT2D eigenvalue weighted by Crippen LogP contribution is 2.20. The van der Waals surface area contributed by atoms with Gasteiger partial charge in [0.25, 0.3) is 0 Å². The zero-order valence-corrected chi connectivity index (χ0v) is 13.1. The number of amides is 1. The molecule has 0 saturated heterocycles. The molecular formula is C18H23NO3. The summed E-state index contributed by atoms with van der Waals surface area (Å²) in [5, 5.41) is 12.6. The lowest BCUT2D eigenvalue weighted by molar-refractivity contribution is -0.121. The maximum Gasteiger partial charge on any atom is 0.220 e. The van der Waals surface area contributed by atoms with Crippen LogP contribution in [0.25, 0.3) is 0 Å². The van der Waals surface area contributed by atoms with E-state index in [9.17, 15) is 9.90 Å². The largest absolute Gasteiger partial charge is 0.467 e. The van der Waals surface area contributed by atoms with Gasteiger partial charge in [-0.25, -0.2) is 0 Å². The van der Waals surface area contributed by atoms with Gasteiger partial charge in [-0.2, -0.15) is 0 Å². The average Bonchev–Trinajstić information content (AvgIpc) is 3.07. The van der Waals surface area contributed by atoms with Crippen molar-refractivity contribution in [3.63, 3.8) is 0 Å². The van der Waals surface area contributed by atoms with E-state index in [1.165, 1.54) is 11.8 Å². The predicted octanol–water partition coefficient (Wildman–Crippen LogP) is 3.19. The van der Waals surface area contributed by atoms with Gasteiger partial charge in [-0.1, -0.05) is 38.1 Å². The number of nitrogens with one attached hydrogen (secondary N) is 1. The molecule has 0 fully saturated rings. The predicted molar refractivity (Wildman–Crippen MR) is 85.5 cm³/mol. The molecule has 2 aromatic rings. The van der Waals surface area contributed by atoms with Crippen LogP contribution in [-0.2, 0) is 11.2 Å². The van der Waals surface area contributed by atoms with E-state index in [0.29, 0.717) is 12.2 Å². The topological polar surface area (TPSA) is 62.5 Å². The number of aryl methyl sites for hydroxylation is 1. The third kappa shape index (κ3) is 4.46. The number of furan rings is 1. The molecule has 0 spiro atoms. The van der Waals surface area contributed by atoms with E-state index in [0.717, 1.165) is 12.0 Å². The van der Waals surface area contributed by atoms with E-state index in [1.807, 2.05) is 6.92 Å². The van der Waals surface area contributed by atoms with Crippen molar-refractivity contribution in [3.8, 4) is 0 Å². The zero-order valence-electron chi connectivity index (χ0n) is 13.1. The summed E-state index contributed by atoms with van der Waals surface area (Å²) in [5.41, 5.74) is 2.45. The number of aliphatic hydroxyl groups excluding tert-OH is 1. The fourth-order valence-corrected chi connectivity index (χ4v) is 2.34. The van der Waals surface area contributed by atoms with E-state index < -0.39 is 6.10 Å². The van der Waals surface area contributed by atoms with E-state index in [1.54, 1.807) is 12.1 Å². The maximum atomic E-state index is 12.0. The van der Waals surface area contributed by atoms with Gasteiger partial charge in [0.15, 0.2) is 0 Å². The van der Waals surface area contributed by atoms with Gasteiger partial charge in [0.2, 0.25) is 5.91 Å². The van der Waals surface area contributed by atoms with Crippen LogP contribution in [0.5, 0.6) is 0 Å². The number of carbonyl (C=O) groups is 1. The van der Waals surface area contributed by atoms with Crippen LogP contribution in [0.2, 0.25) is 0 Å². The maximum absolute atomic E-state index is 12.0. The van der Waals surface area contributed by atoms with Gasteiger partial charge >= 0.3 is 0 Å². The van der Waals surface area contributed by atoms with Crippen molar-refractivity contribution in [3.05, 3.63) is 59.5 Å². The van der Waals surface area contributed by atoms with Gasteiger partial charge in [0.1, 0.15) is 11.9 Å². The third-order valence-electron chi connectivity index (χ3n) is 3.81. The SMILES string of the molecule is CCc1ccc(C(C)CC(=O)NCC(O)c2ccco2)cc1. The molecule has 2 N–H and O–H groups in total. The first-order valence-corrected chi connectivity index (χ1v) is 7.67. The molecule has 2 rings (SSSR count). The molecule has 0 aliphatic heterocycles. The van der Waals surface area contributed by atoms with Crippen molar-refractivity contribution in [2.24, 2.45) is 0 Å². The summed E-state index contributed by atoms with van der Waals surface area (Å²) in [6, 6.07) is 11.8. The Morgan fingerprint density at radius 3 is 2.59 bits per heavy atom. The second-order valence-electron chi connectivity index (χ2n) is 5.54. The minimum atomic E-state index is -0.807. The Balaban J connectivity index is 1.80. The number of aliphatic hydroxyl groups is 1. The molecule has 1 aromatic carbocycles. The van der Waals surface area contributed by atoms with E-state index in [-0.39, 0.29) is 18.4 Å². The average molecular weight is 301 g/mol. The Morgan fingerprint density at radius 2 is 2.00 bits per heavy atom. The first-order chi connectivity index (χ1) is 10.6. The molecule has 0 saturated carbocycles. The summed E-state index contributed by atoms with van der Waals surface area (Å²) in [6.07, 6.45) is 2.11. The van der Waals surface area contributed by atoms with Crippen molar-refractivity contribution >= 4 is 5.91 Å². The van der Waals surface area contributed by atoms with Crippen molar-refractivity contribution in [1.29, 1.82) is 0 Å². The van der Waals surface area contributed by atoms with Gasteiger partial charge in [0, 0.05) is 6.42 Å². The van der Waals surface area contributed by atoms with Crippen LogP contribution in [0, 0.1) is 0 Å². The molecule has 118 valence electrons. The van der Waals surface area contributed by atoms with Crippen molar-refractivity contribution in [2.75, 3.05) is 6.54 Å². The van der Waals surface area contributed by atoms with Crippen LogP contribution in [-0.4, -0.2) is 17.6 Å². The van der Waals surface area contributed by atoms with Gasteiger partial charge in [-0.05, 0) is 35.6 Å². The summed E-state index contributed by atoms with van der Waals surface area (Å²) >= 11 is 0. The van der Waals surface area contributed by atoms with E-state index >= 15 is 0 Å². The number of carbonyl (C=O) groups excluding carboxylic acids is 1. The summed E-state index contributed by atoms with van der Waals surface area (Å²) in [6.45, 7) is 4.31. The molecule has 1 heterocycles. The molecule has 1 aromatic heterocycles. The van der Waals surface area contributed by atoms with Gasteiger partial charge in [-0.15, -0.1) is 0 Å². The van der Waals surface area contributed by atoms with Crippen LogP contribution in [0.15, 0.2) is 47.1 Å². The minimum Gasteiger partial charge on any atom is -0.467 e. The van der Waals surface area contributed by atoms with Crippen molar-refractivity contribution < 1.29 is 14.3 Å². The fraction of sp³-hybridized carbons (Fsp3) is 0.389. The third-order valence-corrected chi connectivity index (χ3v) is 3.81. The second kappa shape index (κ2) is 7.80. The summed E-state index contributed by atoms with van der Waals surface area (Å²) < 4.78 is 5.10. The number of rotatable bonds is 7. The van der Waals surface area contributed by atoms with Gasteiger partial charge in [0.05, 0.1) is 12.8 Å². The standard InChI is InChI=1S/C18H23NO3/c1-3-14-6-8-15(9-7-14)13(2)11-18(21)19-12-16(20)17-5-4-10-22-17/h4-10,13,16,20H,3,11-12H2,1-2H3,(H,19,21). The summed E-state index contributed by atoms with van der Waals surface area (Å²) in [5.74, 6) is 0.535. The molecule has 0 bridgehead atoms. The van der Waals surface area contributed by atoms with Crippen molar-refractivity contribution in [1.82, 2.24) is 5.32 Å². The Hall–Kier alpha value is -2.07. The normalized spacial score (nSPS) is 13.6. The number of hydrogen-bond donors (Lipinski definition) is 2. The van der Waals surface area contributed by atoms with Gasteiger partial charge in [-0.3, -0.25) is 4.79 Å². The fourth-order valence-electron chi connectivity index (χ4n) is 2.34. The van der Waals surface area contributed by atoms with Crippen LogP contribution in [0.3, 0.4) is 0 Å². The Labute approximate surface area is 131 Å². The van der Waals surface area contributed by atoms with Crippen molar-refractivity contribution in [2.45, 2.75) is 38.7 Å². The first-order valence-electron chi connectivity index (χ1n) is 7.67. The zero-order chi connectivity index (χ0) is 15.9. The molecule has 2 unspecified atom stereocenters. The second-order valence-corrected chi connectivity index (χ2v) is 5.54. The lowest BCUT2D eigenvalue weighted by Crippen LogP contribution is -2.29. The Morgan fingerprint density at radius 1 is 1.27 bits per heavy atom. The molecule has 22 heavy (non-hydrogen) atoms. The van der Waals surface area contributed by atoms with Crippen LogP contribution >= 0.6 is 0 Å². The Kier molecular flexibility index (Phi) is 5.78. The lowest BCUT2D eigenvalue weighted by atomic mass is 9.96. The molecule has 4 nitrogen and oxygen atoms in total. The van der Waals surface area contributed by atoms with E-state index in [2.05, 4.69) is 36.5 Å².